The van der Waals surface area contributed by atoms with E-state index in [1.54, 1.807) is 0 Å². The normalized spacial score (nSPS) is 12.0. The van der Waals surface area contributed by atoms with Gasteiger partial charge >= 0.3 is 0 Å². The number of nitrogens with zero attached hydrogens (tertiary/aromatic N) is 4. The molecule has 0 saturated heterocycles. The van der Waals surface area contributed by atoms with Crippen LogP contribution in [0.15, 0.2) is 0 Å². The predicted octanol–water partition coefficient (Wildman–Crippen LogP) is 1.94. The van der Waals surface area contributed by atoms with E-state index in [-0.39, 0.29) is 0 Å². The summed E-state index contributed by atoms with van der Waals surface area (Å²) in [5, 5.41) is 12.1. The van der Waals surface area contributed by atoms with Gasteiger partial charge in [0.2, 0.25) is 0 Å². The minimum absolute atomic E-state index is 0.418. The number of rotatable bonds is 7. The molecule has 5 nitrogen and oxygen atoms in total. The Labute approximate surface area is 98.2 Å². The molecule has 6 heteroatoms. The Hall–Kier alpha value is -0.753. The molecule has 0 aromatic carbocycles. The summed E-state index contributed by atoms with van der Waals surface area (Å²) >= 11 is 0. The first kappa shape index (κ1) is 13.3. The second kappa shape index (κ2) is 6.10. The Kier molecular flexibility index (Phi) is 5.07. The highest BCUT2D eigenvalue weighted by Crippen LogP contribution is 2.07. The Bertz CT molecular complexity index is 308. The maximum atomic E-state index is 5.52. The van der Waals surface area contributed by atoms with Crippen LogP contribution in [0.4, 0.5) is 0 Å². The van der Waals surface area contributed by atoms with Crippen molar-refractivity contribution in [2.24, 2.45) is 0 Å². The lowest BCUT2D eigenvalue weighted by Gasteiger charge is -2.14. The van der Waals surface area contributed by atoms with E-state index in [2.05, 4.69) is 42.0 Å². The summed E-state index contributed by atoms with van der Waals surface area (Å²) in [7, 11) is -0.994. The van der Waals surface area contributed by atoms with Crippen LogP contribution in [0.25, 0.3) is 0 Å². The molecule has 0 aliphatic carbocycles. The number of hydrogen-bond acceptors (Lipinski definition) is 4. The number of hydrogen-bond donors (Lipinski definition) is 0. The fraction of sp³-hybridized carbons (Fsp3) is 0.900. The van der Waals surface area contributed by atoms with E-state index in [0.717, 1.165) is 25.3 Å². The lowest BCUT2D eigenvalue weighted by Crippen LogP contribution is -2.22. The average molecular weight is 242 g/mol. The van der Waals surface area contributed by atoms with Crippen molar-refractivity contribution in [3.05, 3.63) is 5.82 Å². The third kappa shape index (κ3) is 5.36. The van der Waals surface area contributed by atoms with Gasteiger partial charge in [-0.2, -0.15) is 0 Å². The summed E-state index contributed by atoms with van der Waals surface area (Å²) in [4.78, 5) is 1.52. The van der Waals surface area contributed by atoms with Gasteiger partial charge in [-0.3, -0.25) is 0 Å². The van der Waals surface area contributed by atoms with Crippen LogP contribution in [0.1, 0.15) is 19.2 Å². The van der Waals surface area contributed by atoms with E-state index in [9.17, 15) is 0 Å². The molecule has 0 atom stereocenters. The Morgan fingerprint density at radius 1 is 1.31 bits per heavy atom. The maximum absolute atomic E-state index is 5.52. The Morgan fingerprint density at radius 2 is 2.06 bits per heavy atom. The number of ether oxygens (including phenoxy) is 1. The molecule has 0 fully saturated rings. The third-order valence-electron chi connectivity index (χ3n) is 2.17. The summed E-state index contributed by atoms with van der Waals surface area (Å²) in [6.07, 6.45) is 1.93. The zero-order chi connectivity index (χ0) is 12.0. The molecule has 1 aromatic heterocycles. The van der Waals surface area contributed by atoms with Crippen LogP contribution >= 0.6 is 0 Å². The van der Waals surface area contributed by atoms with Crippen LogP contribution < -0.4 is 0 Å². The van der Waals surface area contributed by atoms with Gasteiger partial charge in [0, 0.05) is 21.1 Å². The van der Waals surface area contributed by atoms with E-state index in [0.29, 0.717) is 6.73 Å². The van der Waals surface area contributed by atoms with E-state index in [1.807, 2.05) is 0 Å². The van der Waals surface area contributed by atoms with E-state index in [1.165, 1.54) is 10.8 Å². The quantitative estimate of drug-likeness (QED) is 0.541. The van der Waals surface area contributed by atoms with Crippen molar-refractivity contribution in [1.29, 1.82) is 0 Å². The van der Waals surface area contributed by atoms with Gasteiger partial charge in [0.25, 0.3) is 0 Å². The van der Waals surface area contributed by atoms with Crippen LogP contribution in [0, 0.1) is 0 Å². The topological polar surface area (TPSA) is 52.8 Å². The maximum Gasteiger partial charge on any atom is 0.174 e. The number of aryl methyl sites for hydroxylation is 1. The Morgan fingerprint density at radius 3 is 2.69 bits per heavy atom. The lowest BCUT2D eigenvalue weighted by molar-refractivity contribution is 0.0671. The van der Waals surface area contributed by atoms with Gasteiger partial charge in [-0.15, -0.1) is 15.0 Å². The summed E-state index contributed by atoms with van der Waals surface area (Å²) in [5.74, 6) is 0.802. The number of aromatic nitrogens is 4. The summed E-state index contributed by atoms with van der Waals surface area (Å²) in [5.41, 5.74) is 0. The van der Waals surface area contributed by atoms with Gasteiger partial charge in [-0.25, -0.2) is 0 Å². The molecule has 1 aromatic rings. The molecular formula is C10H22N4OSi. The van der Waals surface area contributed by atoms with E-state index in [4.69, 9.17) is 4.74 Å². The van der Waals surface area contributed by atoms with Crippen molar-refractivity contribution in [1.82, 2.24) is 20.2 Å². The van der Waals surface area contributed by atoms with Gasteiger partial charge in [0.15, 0.2) is 12.6 Å². The van der Waals surface area contributed by atoms with Crippen LogP contribution in [0.2, 0.25) is 25.7 Å². The highest BCUT2D eigenvalue weighted by atomic mass is 28.3. The zero-order valence-corrected chi connectivity index (χ0v) is 11.7. The predicted molar refractivity (Wildman–Crippen MR) is 65.9 cm³/mol. The third-order valence-corrected chi connectivity index (χ3v) is 3.88. The van der Waals surface area contributed by atoms with Crippen molar-refractivity contribution in [2.75, 3.05) is 6.61 Å². The molecule has 92 valence electrons. The first-order valence-electron chi connectivity index (χ1n) is 5.86. The number of tetrazole rings is 1. The fourth-order valence-corrected chi connectivity index (χ4v) is 1.94. The molecule has 0 spiro atoms. The van der Waals surface area contributed by atoms with Gasteiger partial charge in [-0.1, -0.05) is 26.6 Å². The molecule has 0 amide bonds. The van der Waals surface area contributed by atoms with Crippen molar-refractivity contribution < 1.29 is 4.74 Å². The summed E-state index contributed by atoms with van der Waals surface area (Å²) in [6, 6.07) is 1.17. The molecule has 0 unspecified atom stereocenters. The van der Waals surface area contributed by atoms with Crippen LogP contribution in [0.3, 0.4) is 0 Å². The van der Waals surface area contributed by atoms with Gasteiger partial charge in [-0.05, 0) is 17.7 Å². The SMILES string of the molecule is CCCc1nnn(COCC[Si](C)(C)C)n1. The molecular weight excluding hydrogens is 220 g/mol. The smallest absolute Gasteiger partial charge is 0.174 e. The van der Waals surface area contributed by atoms with Crippen LogP contribution in [-0.2, 0) is 17.9 Å². The van der Waals surface area contributed by atoms with Crippen molar-refractivity contribution in [3.8, 4) is 0 Å². The van der Waals surface area contributed by atoms with Crippen molar-refractivity contribution in [2.45, 2.75) is 52.2 Å². The second-order valence-electron chi connectivity index (χ2n) is 5.18. The van der Waals surface area contributed by atoms with Crippen molar-refractivity contribution >= 4 is 8.07 Å². The molecule has 1 rings (SSSR count). The minimum atomic E-state index is -0.994. The first-order valence-corrected chi connectivity index (χ1v) is 9.56. The molecule has 0 aliphatic rings. The minimum Gasteiger partial charge on any atom is -0.358 e. The molecule has 0 bridgehead atoms. The van der Waals surface area contributed by atoms with Crippen LogP contribution in [0.5, 0.6) is 0 Å². The summed E-state index contributed by atoms with van der Waals surface area (Å²) < 4.78 is 5.52. The Balaban J connectivity index is 2.21. The van der Waals surface area contributed by atoms with Crippen LogP contribution in [-0.4, -0.2) is 34.9 Å². The molecule has 16 heavy (non-hydrogen) atoms. The highest BCUT2D eigenvalue weighted by molar-refractivity contribution is 6.76. The average Bonchev–Trinajstić information content (AvgIpc) is 2.60. The largest absolute Gasteiger partial charge is 0.358 e. The first-order chi connectivity index (χ1) is 7.51. The van der Waals surface area contributed by atoms with Gasteiger partial charge in [0.05, 0.1) is 0 Å². The molecule has 0 radical (unpaired) electrons. The van der Waals surface area contributed by atoms with Gasteiger partial charge < -0.3 is 4.74 Å². The standard InChI is InChI=1S/C10H22N4OSi/c1-5-6-10-11-13-14(12-10)9-15-7-8-16(2,3)4/h5-9H2,1-4H3. The zero-order valence-electron chi connectivity index (χ0n) is 10.7. The molecule has 0 aliphatic heterocycles. The summed E-state index contributed by atoms with van der Waals surface area (Å²) in [6.45, 7) is 10.3. The molecule has 0 N–H and O–H groups in total. The van der Waals surface area contributed by atoms with E-state index < -0.39 is 8.07 Å². The highest BCUT2D eigenvalue weighted by Gasteiger charge is 2.12. The van der Waals surface area contributed by atoms with E-state index >= 15 is 0 Å². The molecule has 1 heterocycles. The van der Waals surface area contributed by atoms with Crippen molar-refractivity contribution in [3.63, 3.8) is 0 Å². The molecule has 0 saturated carbocycles. The lowest BCUT2D eigenvalue weighted by atomic mass is 10.3. The fourth-order valence-electron chi connectivity index (χ4n) is 1.18. The monoisotopic (exact) mass is 242 g/mol. The second-order valence-corrected chi connectivity index (χ2v) is 10.8. The van der Waals surface area contributed by atoms with Gasteiger partial charge in [0.1, 0.15) is 0 Å².